The Bertz CT molecular complexity index is 621. The Morgan fingerprint density at radius 2 is 1.73 bits per heavy atom. The summed E-state index contributed by atoms with van der Waals surface area (Å²) in [5.74, 6) is 0.716. The molecular weight excluding hydrogens is 294 g/mol. The predicted octanol–water partition coefficient (Wildman–Crippen LogP) is 5.04. The number of hydrogen-bond acceptors (Lipinski definition) is 2. The topological polar surface area (TPSA) is 35.2 Å². The Labute approximate surface area is 137 Å². The molecule has 1 saturated carbocycles. The van der Waals surface area contributed by atoms with E-state index in [2.05, 4.69) is 6.07 Å². The second kappa shape index (κ2) is 6.72. The van der Waals surface area contributed by atoms with Crippen molar-refractivity contribution in [2.75, 3.05) is 0 Å². The molecule has 2 nitrogen and oxygen atoms in total. The van der Waals surface area contributed by atoms with Gasteiger partial charge in [-0.15, -0.1) is 0 Å². The molecular formula is C19H22ClNO. The molecule has 0 amide bonds. The molecule has 0 aliphatic heterocycles. The molecule has 3 heteroatoms. The standard InChI is InChI=1S/C19H22ClNO/c20-17-13-16(19(21)11-5-2-6-12-19)9-10-18(17)22-14-15-7-3-1-4-8-15/h1,3-4,7-10,13H,2,5-6,11-12,14,21H2. The Hall–Kier alpha value is -1.51. The van der Waals surface area contributed by atoms with Gasteiger partial charge in [0.25, 0.3) is 0 Å². The zero-order valence-corrected chi connectivity index (χ0v) is 13.5. The van der Waals surface area contributed by atoms with Crippen molar-refractivity contribution in [3.8, 4) is 5.75 Å². The molecule has 0 atom stereocenters. The monoisotopic (exact) mass is 315 g/mol. The highest BCUT2D eigenvalue weighted by Crippen LogP contribution is 2.37. The molecule has 1 aliphatic rings. The van der Waals surface area contributed by atoms with Crippen LogP contribution in [0.5, 0.6) is 5.75 Å². The van der Waals surface area contributed by atoms with Crippen LogP contribution in [0.4, 0.5) is 0 Å². The van der Waals surface area contributed by atoms with Crippen LogP contribution in [-0.4, -0.2) is 0 Å². The van der Waals surface area contributed by atoms with Crippen molar-refractivity contribution in [3.05, 3.63) is 64.7 Å². The van der Waals surface area contributed by atoms with Crippen molar-refractivity contribution in [2.45, 2.75) is 44.2 Å². The zero-order valence-electron chi connectivity index (χ0n) is 12.7. The lowest BCUT2D eigenvalue weighted by atomic mass is 9.77. The molecule has 0 heterocycles. The molecule has 0 spiro atoms. The molecule has 3 rings (SSSR count). The van der Waals surface area contributed by atoms with Gasteiger partial charge in [0.2, 0.25) is 0 Å². The van der Waals surface area contributed by atoms with E-state index in [0.717, 1.165) is 24.0 Å². The second-order valence-corrected chi connectivity index (χ2v) is 6.54. The minimum Gasteiger partial charge on any atom is -0.487 e. The van der Waals surface area contributed by atoms with Gasteiger partial charge in [0.15, 0.2) is 0 Å². The van der Waals surface area contributed by atoms with Crippen LogP contribution in [0.3, 0.4) is 0 Å². The average Bonchev–Trinajstić information content (AvgIpc) is 2.55. The van der Waals surface area contributed by atoms with Crippen molar-refractivity contribution in [3.63, 3.8) is 0 Å². The number of rotatable bonds is 4. The third kappa shape index (κ3) is 3.45. The van der Waals surface area contributed by atoms with Crippen molar-refractivity contribution in [2.24, 2.45) is 5.73 Å². The zero-order chi connectivity index (χ0) is 15.4. The fourth-order valence-corrected chi connectivity index (χ4v) is 3.37. The second-order valence-electron chi connectivity index (χ2n) is 6.14. The third-order valence-corrected chi connectivity index (χ3v) is 4.79. The van der Waals surface area contributed by atoms with Gasteiger partial charge >= 0.3 is 0 Å². The number of benzene rings is 2. The Morgan fingerprint density at radius 1 is 1.00 bits per heavy atom. The van der Waals surface area contributed by atoms with E-state index in [0.29, 0.717) is 17.4 Å². The molecule has 1 aliphatic carbocycles. The summed E-state index contributed by atoms with van der Waals surface area (Å²) in [6.07, 6.45) is 5.74. The number of ether oxygens (including phenoxy) is 1. The van der Waals surface area contributed by atoms with Crippen LogP contribution in [0.2, 0.25) is 5.02 Å². The molecule has 0 unspecified atom stereocenters. The molecule has 116 valence electrons. The van der Waals surface area contributed by atoms with Crippen LogP contribution in [0.25, 0.3) is 0 Å². The van der Waals surface area contributed by atoms with Gasteiger partial charge in [-0.1, -0.05) is 67.3 Å². The van der Waals surface area contributed by atoms with Gasteiger partial charge in [-0.25, -0.2) is 0 Å². The molecule has 2 aromatic carbocycles. The van der Waals surface area contributed by atoms with Gasteiger partial charge in [-0.2, -0.15) is 0 Å². The van der Waals surface area contributed by atoms with Crippen LogP contribution < -0.4 is 10.5 Å². The highest BCUT2D eigenvalue weighted by molar-refractivity contribution is 6.32. The molecule has 2 aromatic rings. The summed E-state index contributed by atoms with van der Waals surface area (Å²) in [6, 6.07) is 16.1. The highest BCUT2D eigenvalue weighted by Gasteiger charge is 2.29. The van der Waals surface area contributed by atoms with E-state index >= 15 is 0 Å². The van der Waals surface area contributed by atoms with Crippen molar-refractivity contribution < 1.29 is 4.74 Å². The molecule has 0 bridgehead atoms. The summed E-state index contributed by atoms with van der Waals surface area (Å²) in [6.45, 7) is 0.522. The first-order valence-electron chi connectivity index (χ1n) is 7.93. The van der Waals surface area contributed by atoms with Crippen LogP contribution in [0, 0.1) is 0 Å². The maximum absolute atomic E-state index is 6.56. The lowest BCUT2D eigenvalue weighted by Crippen LogP contribution is -2.38. The number of hydrogen-bond donors (Lipinski definition) is 1. The van der Waals surface area contributed by atoms with Gasteiger partial charge in [0.05, 0.1) is 5.02 Å². The summed E-state index contributed by atoms with van der Waals surface area (Å²) in [5, 5.41) is 0.642. The smallest absolute Gasteiger partial charge is 0.138 e. The fraction of sp³-hybridized carbons (Fsp3) is 0.368. The molecule has 2 N–H and O–H groups in total. The highest BCUT2D eigenvalue weighted by atomic mass is 35.5. The molecule has 0 radical (unpaired) electrons. The predicted molar refractivity (Wildman–Crippen MR) is 91.2 cm³/mol. The van der Waals surface area contributed by atoms with Crippen molar-refractivity contribution in [1.29, 1.82) is 0 Å². The van der Waals surface area contributed by atoms with Gasteiger partial charge in [-0.05, 0) is 36.1 Å². The maximum Gasteiger partial charge on any atom is 0.138 e. The molecule has 0 saturated heterocycles. The number of nitrogens with two attached hydrogens (primary N) is 1. The number of halogens is 1. The third-order valence-electron chi connectivity index (χ3n) is 4.49. The minimum atomic E-state index is -0.222. The van der Waals surface area contributed by atoms with E-state index in [1.54, 1.807) is 0 Å². The van der Waals surface area contributed by atoms with Gasteiger partial charge in [0.1, 0.15) is 12.4 Å². The molecule has 1 fully saturated rings. The quantitative estimate of drug-likeness (QED) is 0.858. The SMILES string of the molecule is NC1(c2ccc(OCc3ccccc3)c(Cl)c2)CCCCC1. The lowest BCUT2D eigenvalue weighted by Gasteiger charge is -2.34. The molecule has 22 heavy (non-hydrogen) atoms. The summed E-state index contributed by atoms with van der Waals surface area (Å²) in [7, 11) is 0. The Morgan fingerprint density at radius 3 is 2.41 bits per heavy atom. The minimum absolute atomic E-state index is 0.222. The van der Waals surface area contributed by atoms with E-state index < -0.39 is 0 Å². The van der Waals surface area contributed by atoms with Gasteiger partial charge < -0.3 is 10.5 Å². The Kier molecular flexibility index (Phi) is 4.70. The summed E-state index contributed by atoms with van der Waals surface area (Å²) < 4.78 is 5.83. The van der Waals surface area contributed by atoms with Crippen LogP contribution in [0.15, 0.2) is 48.5 Å². The normalized spacial score (nSPS) is 17.2. The fourth-order valence-electron chi connectivity index (χ4n) is 3.13. The Balaban J connectivity index is 1.72. The maximum atomic E-state index is 6.56. The first-order valence-corrected chi connectivity index (χ1v) is 8.31. The summed E-state index contributed by atoms with van der Waals surface area (Å²) >= 11 is 6.40. The molecule has 0 aromatic heterocycles. The van der Waals surface area contributed by atoms with Crippen molar-refractivity contribution >= 4 is 11.6 Å². The van der Waals surface area contributed by atoms with E-state index in [1.165, 1.54) is 19.3 Å². The van der Waals surface area contributed by atoms with Crippen LogP contribution in [-0.2, 0) is 12.1 Å². The van der Waals surface area contributed by atoms with E-state index in [-0.39, 0.29) is 5.54 Å². The van der Waals surface area contributed by atoms with E-state index in [4.69, 9.17) is 22.1 Å². The largest absolute Gasteiger partial charge is 0.487 e. The van der Waals surface area contributed by atoms with E-state index in [9.17, 15) is 0 Å². The average molecular weight is 316 g/mol. The van der Waals surface area contributed by atoms with Gasteiger partial charge in [0, 0.05) is 5.54 Å². The van der Waals surface area contributed by atoms with Crippen molar-refractivity contribution in [1.82, 2.24) is 0 Å². The lowest BCUT2D eigenvalue weighted by molar-refractivity contribution is 0.297. The van der Waals surface area contributed by atoms with Gasteiger partial charge in [-0.3, -0.25) is 0 Å². The van der Waals surface area contributed by atoms with E-state index in [1.807, 2.05) is 42.5 Å². The summed E-state index contributed by atoms with van der Waals surface area (Å²) in [4.78, 5) is 0. The van der Waals surface area contributed by atoms with Crippen LogP contribution >= 0.6 is 11.6 Å². The van der Waals surface area contributed by atoms with Crippen LogP contribution in [0.1, 0.15) is 43.2 Å². The first kappa shape index (κ1) is 15.4. The summed E-state index contributed by atoms with van der Waals surface area (Å²) in [5.41, 5.74) is 8.60. The first-order chi connectivity index (χ1) is 10.7.